The number of aldehydes is 1. The Labute approximate surface area is 123 Å². The highest BCUT2D eigenvalue weighted by Crippen LogP contribution is 2.31. The molecule has 1 unspecified atom stereocenters. The number of halogens is 1. The monoisotopic (exact) mass is 292 g/mol. The molecule has 2 heterocycles. The summed E-state index contributed by atoms with van der Waals surface area (Å²) in [5, 5.41) is 3.82. The number of nitrogens with zero attached hydrogens (tertiary/aromatic N) is 3. The summed E-state index contributed by atoms with van der Waals surface area (Å²) < 4.78 is 0. The van der Waals surface area contributed by atoms with E-state index in [0.29, 0.717) is 5.02 Å². The van der Waals surface area contributed by atoms with E-state index in [9.17, 15) is 4.79 Å². The van der Waals surface area contributed by atoms with Gasteiger partial charge in [0, 0.05) is 36.8 Å². The van der Waals surface area contributed by atoms with Gasteiger partial charge >= 0.3 is 0 Å². The van der Waals surface area contributed by atoms with E-state index in [1.54, 1.807) is 12.1 Å². The van der Waals surface area contributed by atoms with E-state index in [1.165, 1.54) is 0 Å². The molecule has 3 rings (SSSR count). The van der Waals surface area contributed by atoms with Gasteiger partial charge in [-0.25, -0.2) is 4.99 Å². The highest BCUT2D eigenvalue weighted by molar-refractivity contribution is 6.30. The number of piperazine rings is 1. The van der Waals surface area contributed by atoms with Crippen LogP contribution in [0.4, 0.5) is 5.69 Å². The fourth-order valence-electron chi connectivity index (χ4n) is 2.53. The lowest BCUT2D eigenvalue weighted by Gasteiger charge is -2.37. The Kier molecular flexibility index (Phi) is 3.63. The predicted molar refractivity (Wildman–Crippen MR) is 79.6 cm³/mol. The fourth-order valence-corrected chi connectivity index (χ4v) is 2.71. The summed E-state index contributed by atoms with van der Waals surface area (Å²) in [4.78, 5) is 20.4. The van der Waals surface area contributed by atoms with Crippen LogP contribution in [-0.4, -0.2) is 55.3 Å². The normalized spacial score (nSPS) is 22.8. The van der Waals surface area contributed by atoms with Crippen molar-refractivity contribution >= 4 is 29.5 Å². The zero-order valence-corrected chi connectivity index (χ0v) is 12.1. The molecule has 1 fully saturated rings. The van der Waals surface area contributed by atoms with Crippen molar-refractivity contribution < 1.29 is 4.79 Å². The third kappa shape index (κ3) is 2.51. The Hall–Kier alpha value is -1.59. The van der Waals surface area contributed by atoms with Crippen LogP contribution in [-0.2, 0) is 4.79 Å². The first kappa shape index (κ1) is 13.4. The zero-order chi connectivity index (χ0) is 14.1. The molecule has 6 heteroatoms. The smallest absolute Gasteiger partial charge is 0.200 e. The second-order valence-electron chi connectivity index (χ2n) is 5.19. The Morgan fingerprint density at radius 1 is 1.35 bits per heavy atom. The van der Waals surface area contributed by atoms with Gasteiger partial charge in [-0.15, -0.1) is 0 Å². The molecule has 1 aromatic carbocycles. The summed E-state index contributed by atoms with van der Waals surface area (Å²) in [6, 6.07) is 5.09. The topological polar surface area (TPSA) is 47.9 Å². The number of rotatable bonds is 1. The minimum atomic E-state index is -0.379. The minimum Gasteiger partial charge on any atom is -0.342 e. The van der Waals surface area contributed by atoms with Crippen LogP contribution in [0.5, 0.6) is 0 Å². The number of hydrogen-bond acceptors (Lipinski definition) is 5. The molecule has 0 bridgehead atoms. The Balaban J connectivity index is 1.90. The molecule has 0 saturated carbocycles. The van der Waals surface area contributed by atoms with E-state index >= 15 is 0 Å². The van der Waals surface area contributed by atoms with Crippen LogP contribution in [0, 0.1) is 0 Å². The molecular formula is C14H17ClN4O. The van der Waals surface area contributed by atoms with Gasteiger partial charge in [-0.3, -0.25) is 0 Å². The standard InChI is InChI=1S/C14H17ClN4O/c1-18-4-6-19(7-5-18)14-16-12-3-2-10(15)8-11(12)13(9-20)17-14/h2-3,8-9,13H,4-7H2,1H3,(H,16,17). The van der Waals surface area contributed by atoms with Crippen LogP contribution >= 0.6 is 11.6 Å². The number of aliphatic imine (C=N–C) groups is 1. The summed E-state index contributed by atoms with van der Waals surface area (Å²) in [6.45, 7) is 3.83. The highest BCUT2D eigenvalue weighted by Gasteiger charge is 2.26. The van der Waals surface area contributed by atoms with E-state index in [-0.39, 0.29) is 6.04 Å². The van der Waals surface area contributed by atoms with Crippen LogP contribution in [0.3, 0.4) is 0 Å². The molecule has 106 valence electrons. The van der Waals surface area contributed by atoms with E-state index in [4.69, 9.17) is 11.6 Å². The first-order valence-electron chi connectivity index (χ1n) is 6.71. The molecule has 1 atom stereocenters. The average molecular weight is 293 g/mol. The Morgan fingerprint density at radius 3 is 2.80 bits per heavy atom. The lowest BCUT2D eigenvalue weighted by molar-refractivity contribution is -0.109. The number of carbonyl (C=O) groups excluding carboxylic acids is 1. The quantitative estimate of drug-likeness (QED) is 0.795. The van der Waals surface area contributed by atoms with Gasteiger partial charge in [0.25, 0.3) is 0 Å². The molecule has 2 aliphatic rings. The van der Waals surface area contributed by atoms with Crippen molar-refractivity contribution in [2.75, 3.05) is 33.2 Å². The molecule has 20 heavy (non-hydrogen) atoms. The largest absolute Gasteiger partial charge is 0.342 e. The Bertz CT molecular complexity index is 552. The van der Waals surface area contributed by atoms with Gasteiger partial charge in [0.15, 0.2) is 5.96 Å². The SMILES string of the molecule is CN1CCN(C2=Nc3ccc(Cl)cc3C(C=O)N2)CC1. The van der Waals surface area contributed by atoms with E-state index in [2.05, 4.69) is 27.2 Å². The third-order valence-corrected chi connectivity index (χ3v) is 4.01. The number of nitrogens with one attached hydrogen (secondary N) is 1. The fraction of sp³-hybridized carbons (Fsp3) is 0.429. The lowest BCUT2D eigenvalue weighted by Crippen LogP contribution is -2.52. The molecule has 1 aromatic rings. The van der Waals surface area contributed by atoms with Crippen molar-refractivity contribution in [3.63, 3.8) is 0 Å². The average Bonchev–Trinajstić information content (AvgIpc) is 2.47. The summed E-state index contributed by atoms with van der Waals surface area (Å²) in [6.07, 6.45) is 0.903. The van der Waals surface area contributed by atoms with Crippen LogP contribution in [0.15, 0.2) is 23.2 Å². The molecule has 0 spiro atoms. The van der Waals surface area contributed by atoms with Gasteiger partial charge in [-0.2, -0.15) is 0 Å². The van der Waals surface area contributed by atoms with Gasteiger partial charge in [-0.05, 0) is 25.2 Å². The molecule has 0 aliphatic carbocycles. The molecule has 2 aliphatic heterocycles. The van der Waals surface area contributed by atoms with Crippen LogP contribution in [0.25, 0.3) is 0 Å². The lowest BCUT2D eigenvalue weighted by atomic mass is 10.0. The molecule has 0 amide bonds. The molecule has 1 N–H and O–H groups in total. The van der Waals surface area contributed by atoms with E-state index in [1.807, 2.05) is 6.07 Å². The van der Waals surface area contributed by atoms with Crippen molar-refractivity contribution in [2.24, 2.45) is 4.99 Å². The molecule has 0 aromatic heterocycles. The maximum absolute atomic E-state index is 11.3. The van der Waals surface area contributed by atoms with Crippen LogP contribution in [0.2, 0.25) is 5.02 Å². The van der Waals surface area contributed by atoms with Crippen molar-refractivity contribution in [1.29, 1.82) is 0 Å². The summed E-state index contributed by atoms with van der Waals surface area (Å²) in [5.74, 6) is 0.782. The number of guanidine groups is 1. The van der Waals surface area contributed by atoms with E-state index < -0.39 is 0 Å². The highest BCUT2D eigenvalue weighted by atomic mass is 35.5. The minimum absolute atomic E-state index is 0.379. The molecular weight excluding hydrogens is 276 g/mol. The van der Waals surface area contributed by atoms with Crippen LogP contribution in [0.1, 0.15) is 11.6 Å². The van der Waals surface area contributed by atoms with Crippen molar-refractivity contribution in [3.8, 4) is 0 Å². The maximum Gasteiger partial charge on any atom is 0.200 e. The van der Waals surface area contributed by atoms with Gasteiger partial charge in [0.05, 0.1) is 5.69 Å². The first-order valence-corrected chi connectivity index (χ1v) is 7.08. The summed E-state index contributed by atoms with van der Waals surface area (Å²) in [7, 11) is 2.11. The zero-order valence-electron chi connectivity index (χ0n) is 11.3. The number of benzene rings is 1. The van der Waals surface area contributed by atoms with Crippen molar-refractivity contribution in [1.82, 2.24) is 15.1 Å². The van der Waals surface area contributed by atoms with Gasteiger partial charge in [-0.1, -0.05) is 11.6 Å². The molecule has 0 radical (unpaired) electrons. The number of fused-ring (bicyclic) bond motifs is 1. The molecule has 1 saturated heterocycles. The third-order valence-electron chi connectivity index (χ3n) is 3.77. The van der Waals surface area contributed by atoms with Gasteiger partial charge in [0.1, 0.15) is 12.3 Å². The summed E-state index contributed by atoms with van der Waals surface area (Å²) >= 11 is 5.99. The number of likely N-dealkylation sites (N-methyl/N-ethyl adjacent to an activating group) is 1. The van der Waals surface area contributed by atoms with Crippen LogP contribution < -0.4 is 5.32 Å². The second kappa shape index (κ2) is 5.42. The van der Waals surface area contributed by atoms with Crippen molar-refractivity contribution in [3.05, 3.63) is 28.8 Å². The van der Waals surface area contributed by atoms with Gasteiger partial charge in [0.2, 0.25) is 0 Å². The first-order chi connectivity index (χ1) is 9.67. The van der Waals surface area contributed by atoms with Crippen molar-refractivity contribution in [2.45, 2.75) is 6.04 Å². The number of carbonyl (C=O) groups is 1. The predicted octanol–water partition coefficient (Wildman–Crippen LogP) is 1.42. The van der Waals surface area contributed by atoms with Gasteiger partial charge < -0.3 is 19.9 Å². The van der Waals surface area contributed by atoms with E-state index in [0.717, 1.165) is 49.7 Å². The Morgan fingerprint density at radius 2 is 2.10 bits per heavy atom. The maximum atomic E-state index is 11.3. The second-order valence-corrected chi connectivity index (χ2v) is 5.62. The summed E-state index contributed by atoms with van der Waals surface area (Å²) in [5.41, 5.74) is 1.66. The molecule has 5 nitrogen and oxygen atoms in total. The number of hydrogen-bond donors (Lipinski definition) is 1.